The molecule has 132 valence electrons. The number of aromatic nitrogens is 1. The molecule has 1 atom stereocenters. The van der Waals surface area contributed by atoms with Gasteiger partial charge in [-0.15, -0.1) is 0 Å². The van der Waals surface area contributed by atoms with E-state index in [1.54, 1.807) is 16.7 Å². The van der Waals surface area contributed by atoms with Crippen molar-refractivity contribution in [3.63, 3.8) is 0 Å². The zero-order valence-electron chi connectivity index (χ0n) is 15.1. The zero-order chi connectivity index (χ0) is 18.4. The average Bonchev–Trinajstić information content (AvgIpc) is 2.97. The molecular formula is C21H21N3O2. The third-order valence-electron chi connectivity index (χ3n) is 5.07. The molecule has 1 unspecified atom stereocenters. The predicted molar refractivity (Wildman–Crippen MR) is 104 cm³/mol. The number of aryl methyl sites for hydroxylation is 1. The number of benzene rings is 2. The number of nitrogens with zero attached hydrogens (tertiary/aromatic N) is 3. The van der Waals surface area contributed by atoms with Gasteiger partial charge in [-0.25, -0.2) is 0 Å². The number of para-hydroxylation sites is 3. The highest BCUT2D eigenvalue weighted by Gasteiger charge is 2.34. The molecule has 4 rings (SSSR count). The summed E-state index contributed by atoms with van der Waals surface area (Å²) in [5.74, 6) is -0.0622. The Hall–Kier alpha value is -3.08. The Kier molecular flexibility index (Phi) is 3.80. The fraction of sp³-hybridized carbons (Fsp3) is 0.238. The maximum atomic E-state index is 13.4. The molecule has 0 saturated heterocycles. The lowest BCUT2D eigenvalue weighted by Gasteiger charge is -2.40. The third kappa shape index (κ3) is 2.39. The maximum Gasteiger partial charge on any atom is 0.275 e. The van der Waals surface area contributed by atoms with E-state index in [2.05, 4.69) is 0 Å². The molecule has 5 heteroatoms. The van der Waals surface area contributed by atoms with E-state index in [0.29, 0.717) is 12.2 Å². The molecule has 0 bridgehead atoms. The van der Waals surface area contributed by atoms with E-state index in [1.807, 2.05) is 73.1 Å². The first-order valence-electron chi connectivity index (χ1n) is 8.74. The molecule has 0 radical (unpaired) electrons. The first-order valence-corrected chi connectivity index (χ1v) is 8.74. The normalized spacial score (nSPS) is 16.7. The van der Waals surface area contributed by atoms with Crippen molar-refractivity contribution in [3.8, 4) is 0 Å². The Morgan fingerprint density at radius 3 is 2.35 bits per heavy atom. The highest BCUT2D eigenvalue weighted by molar-refractivity contribution is 6.11. The third-order valence-corrected chi connectivity index (χ3v) is 5.07. The van der Waals surface area contributed by atoms with Crippen molar-refractivity contribution >= 4 is 34.1 Å². The van der Waals surface area contributed by atoms with Gasteiger partial charge in [0.15, 0.2) is 0 Å². The molecular weight excluding hydrogens is 326 g/mol. The van der Waals surface area contributed by atoms with Crippen molar-refractivity contribution in [3.05, 3.63) is 60.3 Å². The Balaban J connectivity index is 1.82. The van der Waals surface area contributed by atoms with Crippen LogP contribution in [-0.2, 0) is 11.8 Å². The van der Waals surface area contributed by atoms with Gasteiger partial charge < -0.3 is 14.4 Å². The number of carbonyl (C=O) groups is 2. The first kappa shape index (κ1) is 16.4. The van der Waals surface area contributed by atoms with Gasteiger partial charge in [0.1, 0.15) is 5.69 Å². The molecule has 2 aromatic carbocycles. The SMILES string of the molecule is CC(=O)N1c2ccccc2N(C(=O)c2cc3ccccc3n2C)CC1C. The second-order valence-electron chi connectivity index (χ2n) is 6.79. The highest BCUT2D eigenvalue weighted by atomic mass is 16.2. The second kappa shape index (κ2) is 6.02. The molecule has 1 aliphatic heterocycles. The molecule has 2 heterocycles. The smallest absolute Gasteiger partial charge is 0.275 e. The minimum Gasteiger partial charge on any atom is -0.340 e. The summed E-state index contributed by atoms with van der Waals surface area (Å²) in [7, 11) is 1.91. The molecule has 3 aromatic rings. The zero-order valence-corrected chi connectivity index (χ0v) is 15.1. The summed E-state index contributed by atoms with van der Waals surface area (Å²) in [6, 6.07) is 17.4. The summed E-state index contributed by atoms with van der Waals surface area (Å²) in [4.78, 5) is 29.0. The lowest BCUT2D eigenvalue weighted by Crippen LogP contribution is -2.51. The second-order valence-corrected chi connectivity index (χ2v) is 6.79. The average molecular weight is 347 g/mol. The number of carbonyl (C=O) groups excluding carboxylic acids is 2. The van der Waals surface area contributed by atoms with Crippen LogP contribution in [0.5, 0.6) is 0 Å². The molecule has 0 spiro atoms. The molecule has 26 heavy (non-hydrogen) atoms. The Labute approximate surface area is 152 Å². The van der Waals surface area contributed by atoms with Crippen LogP contribution >= 0.6 is 0 Å². The van der Waals surface area contributed by atoms with E-state index >= 15 is 0 Å². The summed E-state index contributed by atoms with van der Waals surface area (Å²) >= 11 is 0. The summed E-state index contributed by atoms with van der Waals surface area (Å²) in [5.41, 5.74) is 3.23. The Morgan fingerprint density at radius 2 is 1.65 bits per heavy atom. The largest absolute Gasteiger partial charge is 0.340 e. The van der Waals surface area contributed by atoms with Crippen LogP contribution in [-0.4, -0.2) is 29.0 Å². The monoisotopic (exact) mass is 347 g/mol. The quantitative estimate of drug-likeness (QED) is 0.675. The Morgan fingerprint density at radius 1 is 1.00 bits per heavy atom. The van der Waals surface area contributed by atoms with Crippen molar-refractivity contribution in [2.24, 2.45) is 7.05 Å². The van der Waals surface area contributed by atoms with Crippen LogP contribution in [0.3, 0.4) is 0 Å². The van der Waals surface area contributed by atoms with E-state index in [9.17, 15) is 9.59 Å². The summed E-state index contributed by atoms with van der Waals surface area (Å²) < 4.78 is 1.93. The molecule has 2 amide bonds. The van der Waals surface area contributed by atoms with E-state index in [-0.39, 0.29) is 17.9 Å². The number of hydrogen-bond acceptors (Lipinski definition) is 2. The summed E-state index contributed by atoms with van der Waals surface area (Å²) in [5, 5.41) is 1.04. The molecule has 1 aromatic heterocycles. The van der Waals surface area contributed by atoms with Crippen LogP contribution in [0.4, 0.5) is 11.4 Å². The minimum atomic E-state index is -0.0824. The van der Waals surface area contributed by atoms with E-state index in [1.165, 1.54) is 0 Å². The standard InChI is InChI=1S/C21H21N3O2/c1-14-13-23(18-10-6-7-11-19(18)24(14)15(2)25)21(26)20-12-16-8-4-5-9-17(16)22(20)3/h4-12,14H,13H2,1-3H3. The highest BCUT2D eigenvalue weighted by Crippen LogP contribution is 2.36. The fourth-order valence-electron chi connectivity index (χ4n) is 3.88. The van der Waals surface area contributed by atoms with Crippen LogP contribution in [0, 0.1) is 0 Å². The number of amides is 2. The molecule has 0 saturated carbocycles. The van der Waals surface area contributed by atoms with Crippen LogP contribution in [0.25, 0.3) is 10.9 Å². The van der Waals surface area contributed by atoms with Gasteiger partial charge in [0, 0.05) is 31.4 Å². The van der Waals surface area contributed by atoms with E-state index < -0.39 is 0 Å². The Bertz CT molecular complexity index is 1020. The number of anilines is 2. The number of hydrogen-bond donors (Lipinski definition) is 0. The van der Waals surface area contributed by atoms with Gasteiger partial charge >= 0.3 is 0 Å². The first-order chi connectivity index (χ1) is 12.5. The lowest BCUT2D eigenvalue weighted by molar-refractivity contribution is -0.117. The predicted octanol–water partition coefficient (Wildman–Crippen LogP) is 3.58. The lowest BCUT2D eigenvalue weighted by atomic mass is 10.1. The fourth-order valence-corrected chi connectivity index (χ4v) is 3.88. The summed E-state index contributed by atoms with van der Waals surface area (Å²) in [6.07, 6.45) is 0. The van der Waals surface area contributed by atoms with Crippen molar-refractivity contribution in [1.82, 2.24) is 4.57 Å². The van der Waals surface area contributed by atoms with Crippen LogP contribution in [0.1, 0.15) is 24.3 Å². The van der Waals surface area contributed by atoms with E-state index in [0.717, 1.165) is 22.3 Å². The minimum absolute atomic E-state index is 0.0124. The summed E-state index contributed by atoms with van der Waals surface area (Å²) in [6.45, 7) is 4.00. The molecule has 1 aliphatic rings. The van der Waals surface area contributed by atoms with Gasteiger partial charge in [-0.3, -0.25) is 9.59 Å². The van der Waals surface area contributed by atoms with Gasteiger partial charge in [0.25, 0.3) is 5.91 Å². The molecule has 5 nitrogen and oxygen atoms in total. The van der Waals surface area contributed by atoms with Gasteiger partial charge in [-0.2, -0.15) is 0 Å². The van der Waals surface area contributed by atoms with Crippen LogP contribution < -0.4 is 9.80 Å². The number of rotatable bonds is 1. The van der Waals surface area contributed by atoms with Crippen molar-refractivity contribution in [2.45, 2.75) is 19.9 Å². The van der Waals surface area contributed by atoms with Gasteiger partial charge in [-0.1, -0.05) is 30.3 Å². The van der Waals surface area contributed by atoms with Gasteiger partial charge in [-0.05, 0) is 31.2 Å². The molecule has 0 fully saturated rings. The van der Waals surface area contributed by atoms with Crippen LogP contribution in [0.15, 0.2) is 54.6 Å². The van der Waals surface area contributed by atoms with Crippen molar-refractivity contribution < 1.29 is 9.59 Å². The van der Waals surface area contributed by atoms with Crippen molar-refractivity contribution in [1.29, 1.82) is 0 Å². The van der Waals surface area contributed by atoms with Crippen molar-refractivity contribution in [2.75, 3.05) is 16.3 Å². The van der Waals surface area contributed by atoms with Gasteiger partial charge in [0.2, 0.25) is 5.91 Å². The number of fused-ring (bicyclic) bond motifs is 2. The van der Waals surface area contributed by atoms with Gasteiger partial charge in [0.05, 0.1) is 17.4 Å². The molecule has 0 aliphatic carbocycles. The van der Waals surface area contributed by atoms with Crippen LogP contribution in [0.2, 0.25) is 0 Å². The topological polar surface area (TPSA) is 45.6 Å². The van der Waals surface area contributed by atoms with E-state index in [4.69, 9.17) is 0 Å². The molecule has 0 N–H and O–H groups in total. The maximum absolute atomic E-state index is 13.4.